The minimum atomic E-state index is -2.20. The number of aliphatic imine (C=N–C) groups is 2. The third kappa shape index (κ3) is 5.38. The average molecular weight is 425 g/mol. The van der Waals surface area contributed by atoms with Gasteiger partial charge in [0.2, 0.25) is 0 Å². The summed E-state index contributed by atoms with van der Waals surface area (Å²) in [5.41, 5.74) is 2.12. The highest BCUT2D eigenvalue weighted by Crippen LogP contribution is 2.25. The molecule has 0 heterocycles. The lowest BCUT2D eigenvalue weighted by Crippen LogP contribution is -2.02. The van der Waals surface area contributed by atoms with Gasteiger partial charge in [0.15, 0.2) is 22.2 Å². The first-order valence-corrected chi connectivity index (χ1v) is 10.1. The summed E-state index contributed by atoms with van der Waals surface area (Å²) in [6.07, 6.45) is 0.784. The predicted molar refractivity (Wildman–Crippen MR) is 108 cm³/mol. The van der Waals surface area contributed by atoms with Gasteiger partial charge in [-0.3, -0.25) is 0 Å². The van der Waals surface area contributed by atoms with Crippen molar-refractivity contribution in [3.63, 3.8) is 0 Å². The average Bonchev–Trinajstić information content (AvgIpc) is 2.61. The highest BCUT2D eigenvalue weighted by Gasteiger charge is 2.13. The number of hydrogen-bond acceptors (Lipinski definition) is 6. The van der Waals surface area contributed by atoms with Crippen molar-refractivity contribution in [1.29, 1.82) is 0 Å². The molecule has 2 atom stereocenters. The number of hydrogen-bond donors (Lipinski definition) is 2. The topological polar surface area (TPSA) is 99.3 Å². The van der Waals surface area contributed by atoms with Crippen LogP contribution in [0, 0.1) is 0 Å². The molecule has 0 aliphatic carbocycles. The van der Waals surface area contributed by atoms with Gasteiger partial charge in [-0.15, -0.1) is 0 Å². The summed E-state index contributed by atoms with van der Waals surface area (Å²) in [6, 6.07) is 9.60. The van der Waals surface area contributed by atoms with E-state index in [0.717, 1.165) is 0 Å². The third-order valence-corrected chi connectivity index (χ3v) is 5.19. The molecule has 2 aromatic carbocycles. The molecular formula is C16H12N2O4S4. The molecular weight excluding hydrogens is 412 g/mol. The standard InChI is InChI=1S/C16H12N2O4S4/c19-25(20)15-7-13(17-9-23)5-3-11(15)1-2-12-4-6-14(18-10-24)8-16(12)26(21)22/h3-8H,1-2H2,(H,19,20)(H,21,22). The smallest absolute Gasteiger partial charge is 0.186 e. The Bertz CT molecular complexity index is 901. The van der Waals surface area contributed by atoms with E-state index in [4.69, 9.17) is 0 Å². The van der Waals surface area contributed by atoms with Crippen LogP contribution in [0.4, 0.5) is 11.4 Å². The van der Waals surface area contributed by atoms with Crippen LogP contribution in [0.1, 0.15) is 11.1 Å². The van der Waals surface area contributed by atoms with Crippen LogP contribution in [0.5, 0.6) is 0 Å². The van der Waals surface area contributed by atoms with Gasteiger partial charge >= 0.3 is 0 Å². The van der Waals surface area contributed by atoms with Gasteiger partial charge in [0.25, 0.3) is 0 Å². The van der Waals surface area contributed by atoms with Crippen molar-refractivity contribution in [2.24, 2.45) is 9.98 Å². The monoisotopic (exact) mass is 424 g/mol. The number of rotatable bonds is 7. The maximum absolute atomic E-state index is 11.6. The SMILES string of the molecule is O=S(O)c1cc(N=C=S)ccc1CCc1ccc(N=C=S)cc1S(=O)O. The Morgan fingerprint density at radius 1 is 0.808 bits per heavy atom. The molecule has 10 heteroatoms. The van der Waals surface area contributed by atoms with Crippen LogP contribution in [-0.4, -0.2) is 27.8 Å². The molecule has 6 nitrogen and oxygen atoms in total. The van der Waals surface area contributed by atoms with Crippen molar-refractivity contribution < 1.29 is 17.5 Å². The minimum Gasteiger partial charge on any atom is -0.302 e. The molecule has 0 saturated heterocycles. The van der Waals surface area contributed by atoms with E-state index < -0.39 is 22.2 Å². The van der Waals surface area contributed by atoms with Crippen LogP contribution in [0.15, 0.2) is 56.2 Å². The van der Waals surface area contributed by atoms with E-state index in [1.807, 2.05) is 0 Å². The molecule has 0 radical (unpaired) electrons. The largest absolute Gasteiger partial charge is 0.302 e. The molecule has 2 aromatic rings. The molecule has 0 aromatic heterocycles. The van der Waals surface area contributed by atoms with Crippen LogP contribution in [0.25, 0.3) is 0 Å². The number of benzene rings is 2. The maximum Gasteiger partial charge on any atom is 0.186 e. The first-order chi connectivity index (χ1) is 12.5. The summed E-state index contributed by atoms with van der Waals surface area (Å²) in [7, 11) is 0. The van der Waals surface area contributed by atoms with Crippen LogP contribution in [0.3, 0.4) is 0 Å². The fourth-order valence-electron chi connectivity index (χ4n) is 2.34. The van der Waals surface area contributed by atoms with Crippen molar-refractivity contribution in [3.05, 3.63) is 47.5 Å². The molecule has 0 saturated carbocycles. The van der Waals surface area contributed by atoms with Gasteiger partial charge in [-0.25, -0.2) is 8.42 Å². The second-order valence-electron chi connectivity index (χ2n) is 4.99. The Morgan fingerprint density at radius 2 is 1.19 bits per heavy atom. The Morgan fingerprint density at radius 3 is 1.50 bits per heavy atom. The van der Waals surface area contributed by atoms with Crippen LogP contribution >= 0.6 is 24.4 Å². The number of nitrogens with zero attached hydrogens (tertiary/aromatic N) is 2. The van der Waals surface area contributed by atoms with E-state index in [2.05, 4.69) is 44.7 Å². The first kappa shape index (κ1) is 20.6. The Hall–Kier alpha value is -1.74. The lowest BCUT2D eigenvalue weighted by molar-refractivity contribution is 0.560. The molecule has 0 bridgehead atoms. The van der Waals surface area contributed by atoms with Gasteiger partial charge in [0, 0.05) is 0 Å². The zero-order valence-corrected chi connectivity index (χ0v) is 16.4. The molecule has 2 rings (SSSR count). The van der Waals surface area contributed by atoms with E-state index in [9.17, 15) is 17.5 Å². The van der Waals surface area contributed by atoms with Gasteiger partial charge in [0.1, 0.15) is 0 Å². The molecule has 0 fully saturated rings. The molecule has 134 valence electrons. The lowest BCUT2D eigenvalue weighted by Gasteiger charge is -2.10. The Labute approximate surface area is 165 Å². The third-order valence-electron chi connectivity index (χ3n) is 3.49. The summed E-state index contributed by atoms with van der Waals surface area (Å²) in [5.74, 6) is 0. The predicted octanol–water partition coefficient (Wildman–Crippen LogP) is 4.10. The first-order valence-electron chi connectivity index (χ1n) is 7.09. The highest BCUT2D eigenvalue weighted by atomic mass is 32.2. The minimum absolute atomic E-state index is 0.213. The number of isothiocyanates is 2. The molecule has 0 spiro atoms. The molecule has 0 amide bonds. The molecule has 26 heavy (non-hydrogen) atoms. The van der Waals surface area contributed by atoms with Crippen LogP contribution in [-0.2, 0) is 35.0 Å². The van der Waals surface area contributed by atoms with Crippen LogP contribution < -0.4 is 0 Å². The van der Waals surface area contributed by atoms with E-state index in [0.29, 0.717) is 35.3 Å². The fourth-order valence-corrected chi connectivity index (χ4v) is 3.78. The summed E-state index contributed by atoms with van der Waals surface area (Å²) in [5, 5.41) is 4.42. The second kappa shape index (κ2) is 9.82. The van der Waals surface area contributed by atoms with Crippen molar-refractivity contribution in [3.8, 4) is 0 Å². The van der Waals surface area contributed by atoms with E-state index in [1.165, 1.54) is 12.1 Å². The maximum atomic E-state index is 11.6. The van der Waals surface area contributed by atoms with Gasteiger partial charge in [-0.2, -0.15) is 9.98 Å². The summed E-state index contributed by atoms with van der Waals surface area (Å²) in [4.78, 5) is 8.02. The summed E-state index contributed by atoms with van der Waals surface area (Å²) < 4.78 is 42.2. The van der Waals surface area contributed by atoms with Gasteiger partial charge < -0.3 is 9.11 Å². The van der Waals surface area contributed by atoms with Crippen molar-refractivity contribution in [2.45, 2.75) is 22.6 Å². The zero-order valence-electron chi connectivity index (χ0n) is 13.1. The lowest BCUT2D eigenvalue weighted by atomic mass is 10.0. The van der Waals surface area contributed by atoms with Gasteiger partial charge in [-0.1, -0.05) is 12.1 Å². The molecule has 0 aliphatic rings. The molecule has 2 unspecified atom stereocenters. The number of aryl methyl sites for hydroxylation is 2. The fraction of sp³-hybridized carbons (Fsp3) is 0.125. The quantitative estimate of drug-likeness (QED) is 0.394. The summed E-state index contributed by atoms with van der Waals surface area (Å²) in [6.45, 7) is 0. The second-order valence-corrected chi connectivity index (χ2v) is 7.23. The Balaban J connectivity index is 2.34. The van der Waals surface area contributed by atoms with E-state index in [-0.39, 0.29) is 9.79 Å². The van der Waals surface area contributed by atoms with E-state index >= 15 is 0 Å². The van der Waals surface area contributed by atoms with E-state index in [1.54, 1.807) is 24.3 Å². The normalized spacial score (nSPS) is 12.5. The summed E-state index contributed by atoms with van der Waals surface area (Å²) >= 11 is 4.67. The van der Waals surface area contributed by atoms with Crippen molar-refractivity contribution in [1.82, 2.24) is 0 Å². The van der Waals surface area contributed by atoms with Gasteiger partial charge in [-0.05, 0) is 72.7 Å². The zero-order chi connectivity index (χ0) is 19.1. The number of thiocarbonyl (C=S) groups is 2. The molecule has 2 N–H and O–H groups in total. The van der Waals surface area contributed by atoms with Crippen molar-refractivity contribution >= 4 is 68.3 Å². The van der Waals surface area contributed by atoms with Crippen LogP contribution in [0.2, 0.25) is 0 Å². The van der Waals surface area contributed by atoms with Crippen molar-refractivity contribution in [2.75, 3.05) is 0 Å². The van der Waals surface area contributed by atoms with Gasteiger partial charge in [0.05, 0.1) is 31.5 Å². The highest BCUT2D eigenvalue weighted by molar-refractivity contribution is 7.79. The Kier molecular flexibility index (Phi) is 7.77. The molecule has 0 aliphatic heterocycles.